The molecule has 0 spiro atoms. The highest BCUT2D eigenvalue weighted by Gasteiger charge is 2.40. The van der Waals surface area contributed by atoms with Crippen molar-refractivity contribution in [2.75, 3.05) is 4.90 Å². The van der Waals surface area contributed by atoms with Crippen molar-refractivity contribution in [3.05, 3.63) is 74.7 Å². The maximum atomic E-state index is 13.2. The van der Waals surface area contributed by atoms with Crippen molar-refractivity contribution in [2.45, 2.75) is 32.4 Å². The molecular formula is C21H20N2O4S. The summed E-state index contributed by atoms with van der Waals surface area (Å²) in [5, 5.41) is 11.0. The van der Waals surface area contributed by atoms with Crippen LogP contribution in [0.1, 0.15) is 31.9 Å². The SMILES string of the molecule is CCc1ccc(N2C(=O)C(SC(C)C)=C(c3ccc([N+](=O)[O-])cc3)C2=O)cc1. The topological polar surface area (TPSA) is 80.5 Å². The van der Waals surface area contributed by atoms with E-state index >= 15 is 0 Å². The van der Waals surface area contributed by atoms with Gasteiger partial charge < -0.3 is 0 Å². The van der Waals surface area contributed by atoms with Gasteiger partial charge in [0.2, 0.25) is 0 Å². The van der Waals surface area contributed by atoms with Gasteiger partial charge in [0.1, 0.15) is 0 Å². The molecular weight excluding hydrogens is 376 g/mol. The van der Waals surface area contributed by atoms with Gasteiger partial charge in [-0.2, -0.15) is 0 Å². The van der Waals surface area contributed by atoms with Gasteiger partial charge in [0.05, 0.1) is 21.1 Å². The molecule has 144 valence electrons. The fraction of sp³-hybridized carbons (Fsp3) is 0.238. The van der Waals surface area contributed by atoms with E-state index in [1.807, 2.05) is 32.9 Å². The van der Waals surface area contributed by atoms with Gasteiger partial charge in [-0.05, 0) is 41.8 Å². The fourth-order valence-corrected chi connectivity index (χ4v) is 3.96. The number of anilines is 1. The lowest BCUT2D eigenvalue weighted by molar-refractivity contribution is -0.384. The van der Waals surface area contributed by atoms with Gasteiger partial charge in [-0.3, -0.25) is 19.7 Å². The van der Waals surface area contributed by atoms with Crippen molar-refractivity contribution < 1.29 is 14.5 Å². The summed E-state index contributed by atoms with van der Waals surface area (Å²) in [6.45, 7) is 5.93. The van der Waals surface area contributed by atoms with Crippen LogP contribution < -0.4 is 4.90 Å². The summed E-state index contributed by atoms with van der Waals surface area (Å²) in [6, 6.07) is 13.1. The molecule has 2 aromatic carbocycles. The molecule has 6 nitrogen and oxygen atoms in total. The van der Waals surface area contributed by atoms with Gasteiger partial charge >= 0.3 is 0 Å². The van der Waals surface area contributed by atoms with Crippen LogP contribution in [-0.4, -0.2) is 22.0 Å². The third kappa shape index (κ3) is 3.71. The van der Waals surface area contributed by atoms with Crippen molar-refractivity contribution in [3.63, 3.8) is 0 Å². The molecule has 2 amide bonds. The Labute approximate surface area is 167 Å². The second-order valence-corrected chi connectivity index (χ2v) is 8.23. The maximum absolute atomic E-state index is 13.2. The Bertz CT molecular complexity index is 963. The summed E-state index contributed by atoms with van der Waals surface area (Å²) in [5.41, 5.74) is 2.36. The monoisotopic (exact) mass is 396 g/mol. The van der Waals surface area contributed by atoms with Crippen molar-refractivity contribution in [1.29, 1.82) is 0 Å². The second kappa shape index (κ2) is 7.98. The van der Waals surface area contributed by atoms with Gasteiger partial charge in [0.15, 0.2) is 0 Å². The Morgan fingerprint density at radius 1 is 1.00 bits per heavy atom. The highest BCUT2D eigenvalue weighted by Crippen LogP contribution is 2.40. The van der Waals surface area contributed by atoms with Gasteiger partial charge in [-0.15, -0.1) is 11.8 Å². The number of benzene rings is 2. The molecule has 0 atom stereocenters. The van der Waals surface area contributed by atoms with Crippen LogP contribution in [0.25, 0.3) is 5.57 Å². The maximum Gasteiger partial charge on any atom is 0.272 e. The van der Waals surface area contributed by atoms with Crippen molar-refractivity contribution >= 4 is 40.5 Å². The first-order chi connectivity index (χ1) is 13.3. The first kappa shape index (κ1) is 19.8. The van der Waals surface area contributed by atoms with Crippen LogP contribution in [0.2, 0.25) is 0 Å². The minimum atomic E-state index is -0.495. The first-order valence-electron chi connectivity index (χ1n) is 8.97. The highest BCUT2D eigenvalue weighted by molar-refractivity contribution is 8.04. The number of rotatable bonds is 6. The molecule has 0 aromatic heterocycles. The summed E-state index contributed by atoms with van der Waals surface area (Å²) in [4.78, 5) is 38.2. The van der Waals surface area contributed by atoms with Crippen LogP contribution in [0.15, 0.2) is 53.4 Å². The van der Waals surface area contributed by atoms with E-state index in [0.717, 1.165) is 12.0 Å². The van der Waals surface area contributed by atoms with E-state index in [1.165, 1.54) is 40.9 Å². The summed E-state index contributed by atoms with van der Waals surface area (Å²) < 4.78 is 0. The summed E-state index contributed by atoms with van der Waals surface area (Å²) in [5.74, 6) is -0.771. The third-order valence-corrected chi connectivity index (χ3v) is 5.45. The molecule has 3 rings (SSSR count). The van der Waals surface area contributed by atoms with Crippen LogP contribution in [-0.2, 0) is 16.0 Å². The Morgan fingerprint density at radius 2 is 1.61 bits per heavy atom. The zero-order chi connectivity index (χ0) is 20.4. The van der Waals surface area contributed by atoms with Gasteiger partial charge in [-0.25, -0.2) is 4.90 Å². The van der Waals surface area contributed by atoms with E-state index in [0.29, 0.717) is 16.2 Å². The molecule has 28 heavy (non-hydrogen) atoms. The average Bonchev–Trinajstić information content (AvgIpc) is 2.91. The summed E-state index contributed by atoms with van der Waals surface area (Å²) >= 11 is 1.33. The summed E-state index contributed by atoms with van der Waals surface area (Å²) in [6.07, 6.45) is 0.864. The molecule has 0 unspecified atom stereocenters. The normalized spacial score (nSPS) is 14.4. The van der Waals surface area contributed by atoms with Crippen LogP contribution in [0, 0.1) is 10.1 Å². The van der Waals surface area contributed by atoms with Crippen molar-refractivity contribution in [3.8, 4) is 0 Å². The molecule has 0 N–H and O–H groups in total. The van der Waals surface area contributed by atoms with Gasteiger partial charge in [-0.1, -0.05) is 32.9 Å². The molecule has 2 aromatic rings. The quantitative estimate of drug-likeness (QED) is 0.405. The third-order valence-electron chi connectivity index (χ3n) is 4.36. The molecule has 0 bridgehead atoms. The van der Waals surface area contributed by atoms with E-state index in [2.05, 4.69) is 0 Å². The second-order valence-electron chi connectivity index (χ2n) is 6.64. The predicted molar refractivity (Wildman–Crippen MR) is 111 cm³/mol. The number of hydrogen-bond acceptors (Lipinski definition) is 5. The lowest BCUT2D eigenvalue weighted by Gasteiger charge is -2.16. The Morgan fingerprint density at radius 3 is 2.11 bits per heavy atom. The number of nitrogens with zero attached hydrogens (tertiary/aromatic N) is 2. The number of thioether (sulfide) groups is 1. The molecule has 0 fully saturated rings. The molecule has 1 heterocycles. The van der Waals surface area contributed by atoms with Crippen LogP contribution >= 0.6 is 11.8 Å². The Hall–Kier alpha value is -2.93. The summed E-state index contributed by atoms with van der Waals surface area (Å²) in [7, 11) is 0. The van der Waals surface area contributed by atoms with Crippen molar-refractivity contribution in [2.24, 2.45) is 0 Å². The van der Waals surface area contributed by atoms with Gasteiger partial charge in [0.25, 0.3) is 17.5 Å². The van der Waals surface area contributed by atoms with Crippen LogP contribution in [0.4, 0.5) is 11.4 Å². The lowest BCUT2D eigenvalue weighted by Crippen LogP contribution is -2.31. The van der Waals surface area contributed by atoms with E-state index in [4.69, 9.17) is 0 Å². The molecule has 0 aliphatic carbocycles. The largest absolute Gasteiger partial charge is 0.272 e. The van der Waals surface area contributed by atoms with E-state index in [-0.39, 0.29) is 22.4 Å². The predicted octanol–water partition coefficient (Wildman–Crippen LogP) is 4.58. The number of nitro benzene ring substituents is 1. The average molecular weight is 396 g/mol. The first-order valence-corrected chi connectivity index (χ1v) is 9.85. The molecule has 1 aliphatic rings. The molecule has 0 radical (unpaired) electrons. The van der Waals surface area contributed by atoms with E-state index in [1.54, 1.807) is 12.1 Å². The number of carbonyl (C=O) groups is 2. The zero-order valence-electron chi connectivity index (χ0n) is 15.8. The Kier molecular flexibility index (Phi) is 5.65. The molecule has 1 aliphatic heterocycles. The highest BCUT2D eigenvalue weighted by atomic mass is 32.2. The van der Waals surface area contributed by atoms with E-state index < -0.39 is 10.8 Å². The number of nitro groups is 1. The minimum absolute atomic E-state index is 0.0637. The minimum Gasteiger partial charge on any atom is -0.268 e. The molecule has 0 saturated heterocycles. The van der Waals surface area contributed by atoms with Gasteiger partial charge in [0, 0.05) is 17.4 Å². The number of amides is 2. The zero-order valence-corrected chi connectivity index (χ0v) is 16.7. The van der Waals surface area contributed by atoms with Crippen LogP contribution in [0.3, 0.4) is 0 Å². The smallest absolute Gasteiger partial charge is 0.268 e. The molecule has 0 saturated carbocycles. The lowest BCUT2D eigenvalue weighted by atomic mass is 10.1. The van der Waals surface area contributed by atoms with Crippen LogP contribution in [0.5, 0.6) is 0 Å². The molecule has 7 heteroatoms. The van der Waals surface area contributed by atoms with Crippen molar-refractivity contribution in [1.82, 2.24) is 0 Å². The standard InChI is InChI=1S/C21H20N2O4S/c1-4-14-5-9-16(10-6-14)22-20(24)18(19(21(22)25)28-13(2)3)15-7-11-17(12-8-15)23(26)27/h5-13H,4H2,1-3H3. The number of imide groups is 1. The number of aryl methyl sites for hydroxylation is 1. The number of hydrogen-bond donors (Lipinski definition) is 0. The fourth-order valence-electron chi connectivity index (χ4n) is 2.97. The number of non-ortho nitro benzene ring substituents is 1. The van der Waals surface area contributed by atoms with E-state index in [9.17, 15) is 19.7 Å². The number of carbonyl (C=O) groups excluding carboxylic acids is 2. The Balaban J connectivity index is 2.05.